The summed E-state index contributed by atoms with van der Waals surface area (Å²) in [5.74, 6) is -0.347. The molecule has 3 aliphatic rings. The summed E-state index contributed by atoms with van der Waals surface area (Å²) in [4.78, 5) is 40.0. The third kappa shape index (κ3) is 5.34. The number of allylic oxidation sites excluding steroid dienone is 1. The first-order chi connectivity index (χ1) is 17.0. The number of rotatable bonds is 10. The molecule has 0 aliphatic heterocycles. The minimum absolute atomic E-state index is 0.112. The standard InChI is InChI=1S/C28H30N4O3/c29-14-22(16-30-24-7-8-24)21-11-20(18-5-6-18)12-23(13-21)28(9-10-28)32-27(35)25-4-2-1-3-19(25)15-31-26(34)17-33/h1-4,11-14,16-18,24H,5-10,15,29H2,(H,31,34)(H,32,35)/b22-14+,30-16?. The number of nitrogens with two attached hydrogens (primary N) is 1. The lowest BCUT2D eigenvalue weighted by Crippen LogP contribution is -2.36. The van der Waals surface area contributed by atoms with Crippen LogP contribution in [-0.2, 0) is 21.7 Å². The van der Waals surface area contributed by atoms with Gasteiger partial charge in [0.05, 0.1) is 11.6 Å². The molecule has 0 aromatic heterocycles. The van der Waals surface area contributed by atoms with Crippen LogP contribution in [0.5, 0.6) is 0 Å². The summed E-state index contributed by atoms with van der Waals surface area (Å²) >= 11 is 0. The van der Waals surface area contributed by atoms with Gasteiger partial charge in [0.2, 0.25) is 6.29 Å². The van der Waals surface area contributed by atoms with Crippen LogP contribution < -0.4 is 16.4 Å². The van der Waals surface area contributed by atoms with Gasteiger partial charge in [-0.3, -0.25) is 19.4 Å². The number of nitrogens with one attached hydrogen (secondary N) is 2. The Labute approximate surface area is 204 Å². The normalized spacial score (nSPS) is 18.8. The van der Waals surface area contributed by atoms with Crippen LogP contribution in [0.2, 0.25) is 0 Å². The van der Waals surface area contributed by atoms with Crippen molar-refractivity contribution < 1.29 is 14.4 Å². The van der Waals surface area contributed by atoms with E-state index in [1.54, 1.807) is 30.5 Å². The van der Waals surface area contributed by atoms with Gasteiger partial charge in [0.15, 0.2) is 0 Å². The highest BCUT2D eigenvalue weighted by atomic mass is 16.2. The van der Waals surface area contributed by atoms with Crippen molar-refractivity contribution >= 4 is 29.9 Å². The fraction of sp³-hybridized carbons (Fsp3) is 0.357. The number of carbonyl (C=O) groups is 3. The number of hydrogen-bond donors (Lipinski definition) is 3. The largest absolute Gasteiger partial charge is 0.404 e. The molecule has 5 rings (SSSR count). The molecule has 2 aromatic carbocycles. The summed E-state index contributed by atoms with van der Waals surface area (Å²) in [6.45, 7) is 0.112. The van der Waals surface area contributed by atoms with Crippen LogP contribution in [0.3, 0.4) is 0 Å². The third-order valence-corrected chi connectivity index (χ3v) is 6.97. The lowest BCUT2D eigenvalue weighted by atomic mass is 9.93. The molecule has 3 saturated carbocycles. The number of aliphatic imine (C=N–C) groups is 1. The van der Waals surface area contributed by atoms with Gasteiger partial charge in [-0.2, -0.15) is 0 Å². The molecule has 0 spiro atoms. The Morgan fingerprint density at radius 1 is 1.09 bits per heavy atom. The van der Waals surface area contributed by atoms with Gasteiger partial charge >= 0.3 is 0 Å². The lowest BCUT2D eigenvalue weighted by Gasteiger charge is -2.21. The summed E-state index contributed by atoms with van der Waals surface area (Å²) in [5.41, 5.74) is 11.0. The van der Waals surface area contributed by atoms with Crippen molar-refractivity contribution in [2.24, 2.45) is 10.7 Å². The second-order valence-corrected chi connectivity index (χ2v) is 9.78. The topological polar surface area (TPSA) is 114 Å². The van der Waals surface area contributed by atoms with Crippen LogP contribution in [-0.4, -0.2) is 30.4 Å². The third-order valence-electron chi connectivity index (χ3n) is 6.97. The highest BCUT2D eigenvalue weighted by molar-refractivity contribution is 6.23. The molecule has 0 bridgehead atoms. The summed E-state index contributed by atoms with van der Waals surface area (Å²) in [5, 5.41) is 5.78. The predicted octanol–water partition coefficient (Wildman–Crippen LogP) is 3.33. The monoisotopic (exact) mass is 470 g/mol. The van der Waals surface area contributed by atoms with Gasteiger partial charge in [0, 0.05) is 30.1 Å². The Hall–Kier alpha value is -3.74. The average Bonchev–Trinajstić information content (AvgIpc) is 3.73. The highest BCUT2D eigenvalue weighted by Gasteiger charge is 2.46. The Balaban J connectivity index is 1.40. The van der Waals surface area contributed by atoms with Crippen molar-refractivity contribution in [2.75, 3.05) is 0 Å². The molecular formula is C28H30N4O3. The summed E-state index contributed by atoms with van der Waals surface area (Å²) in [6.07, 6.45) is 10.1. The minimum Gasteiger partial charge on any atom is -0.404 e. The fourth-order valence-corrected chi connectivity index (χ4v) is 4.39. The highest BCUT2D eigenvalue weighted by Crippen LogP contribution is 2.49. The van der Waals surface area contributed by atoms with Crippen molar-refractivity contribution in [3.05, 3.63) is 76.5 Å². The smallest absolute Gasteiger partial charge is 0.284 e. The molecule has 3 fully saturated rings. The molecule has 0 heterocycles. The number of amides is 2. The summed E-state index contributed by atoms with van der Waals surface area (Å²) < 4.78 is 0. The molecule has 0 atom stereocenters. The molecule has 7 nitrogen and oxygen atoms in total. The summed E-state index contributed by atoms with van der Waals surface area (Å²) in [6, 6.07) is 14.1. The maximum atomic E-state index is 13.4. The molecule has 3 aliphatic carbocycles. The first-order valence-corrected chi connectivity index (χ1v) is 12.3. The van der Waals surface area contributed by atoms with Gasteiger partial charge in [-0.25, -0.2) is 0 Å². The Morgan fingerprint density at radius 2 is 1.86 bits per heavy atom. The van der Waals surface area contributed by atoms with E-state index in [4.69, 9.17) is 5.73 Å². The molecule has 0 saturated heterocycles. The van der Waals surface area contributed by atoms with E-state index < -0.39 is 11.4 Å². The number of benzene rings is 2. The van der Waals surface area contributed by atoms with Crippen molar-refractivity contribution in [3.63, 3.8) is 0 Å². The van der Waals surface area contributed by atoms with Crippen molar-refractivity contribution in [2.45, 2.75) is 62.6 Å². The van der Waals surface area contributed by atoms with Crippen LogP contribution in [0, 0.1) is 0 Å². The SMILES string of the molecule is N/C=C(\C=NC1CC1)c1cc(C2CC2)cc(C2(NC(=O)c3ccccc3CNC(=O)C=O)CC2)c1. The second-order valence-electron chi connectivity index (χ2n) is 9.78. The number of aldehydes is 1. The van der Waals surface area contributed by atoms with Crippen LogP contribution >= 0.6 is 0 Å². The Kier molecular flexibility index (Phi) is 6.24. The lowest BCUT2D eigenvalue weighted by molar-refractivity contribution is -0.131. The van der Waals surface area contributed by atoms with Crippen LogP contribution in [0.1, 0.15) is 77.1 Å². The fourth-order valence-electron chi connectivity index (χ4n) is 4.39. The second kappa shape index (κ2) is 9.49. The van der Waals surface area contributed by atoms with Gasteiger partial charge in [-0.15, -0.1) is 0 Å². The van der Waals surface area contributed by atoms with E-state index in [0.717, 1.165) is 42.4 Å². The number of nitrogens with zero attached hydrogens (tertiary/aromatic N) is 1. The first-order valence-electron chi connectivity index (χ1n) is 12.3. The first kappa shape index (κ1) is 23.0. The number of carbonyl (C=O) groups excluding carboxylic acids is 3. The van der Waals surface area contributed by atoms with Gasteiger partial charge in [-0.05, 0) is 78.8 Å². The quantitative estimate of drug-likeness (QED) is 0.281. The molecule has 0 radical (unpaired) electrons. The molecule has 2 amide bonds. The van der Waals surface area contributed by atoms with E-state index in [1.165, 1.54) is 18.4 Å². The van der Waals surface area contributed by atoms with Crippen LogP contribution in [0.25, 0.3) is 5.57 Å². The maximum absolute atomic E-state index is 13.4. The molecule has 180 valence electrons. The van der Waals surface area contributed by atoms with E-state index in [-0.39, 0.29) is 18.7 Å². The maximum Gasteiger partial charge on any atom is 0.284 e. The van der Waals surface area contributed by atoms with Crippen LogP contribution in [0.4, 0.5) is 0 Å². The Bertz CT molecular complexity index is 1220. The van der Waals surface area contributed by atoms with Gasteiger partial charge in [-0.1, -0.05) is 30.3 Å². The van der Waals surface area contributed by atoms with E-state index in [0.29, 0.717) is 23.1 Å². The molecule has 0 unspecified atom stereocenters. The van der Waals surface area contributed by atoms with Crippen molar-refractivity contribution in [3.8, 4) is 0 Å². The summed E-state index contributed by atoms with van der Waals surface area (Å²) in [7, 11) is 0. The molecule has 7 heteroatoms. The molecule has 35 heavy (non-hydrogen) atoms. The zero-order chi connectivity index (χ0) is 24.4. The number of hydrogen-bond acceptors (Lipinski definition) is 5. The van der Waals surface area contributed by atoms with Gasteiger partial charge < -0.3 is 16.4 Å². The molecule has 4 N–H and O–H groups in total. The van der Waals surface area contributed by atoms with Crippen molar-refractivity contribution in [1.29, 1.82) is 0 Å². The Morgan fingerprint density at radius 3 is 2.51 bits per heavy atom. The van der Waals surface area contributed by atoms with E-state index in [9.17, 15) is 14.4 Å². The van der Waals surface area contributed by atoms with Gasteiger partial charge in [0.25, 0.3) is 11.8 Å². The van der Waals surface area contributed by atoms with E-state index in [1.807, 2.05) is 6.21 Å². The van der Waals surface area contributed by atoms with Crippen LogP contribution in [0.15, 0.2) is 53.7 Å². The van der Waals surface area contributed by atoms with E-state index >= 15 is 0 Å². The minimum atomic E-state index is -0.711. The zero-order valence-corrected chi connectivity index (χ0v) is 19.6. The van der Waals surface area contributed by atoms with Crippen molar-refractivity contribution in [1.82, 2.24) is 10.6 Å². The molecule has 2 aromatic rings. The zero-order valence-electron chi connectivity index (χ0n) is 19.6. The average molecular weight is 471 g/mol. The van der Waals surface area contributed by atoms with Gasteiger partial charge in [0.1, 0.15) is 0 Å². The molecular weight excluding hydrogens is 440 g/mol. The van der Waals surface area contributed by atoms with E-state index in [2.05, 4.69) is 33.8 Å². The predicted molar refractivity (Wildman–Crippen MR) is 135 cm³/mol.